The molecule has 8 nitrogen and oxygen atoms in total. The van der Waals surface area contributed by atoms with E-state index in [1.54, 1.807) is 72.6 Å². The highest BCUT2D eigenvalue weighted by molar-refractivity contribution is 6.09. The van der Waals surface area contributed by atoms with Crippen LogP contribution in [-0.4, -0.2) is 39.6 Å². The largest absolute Gasteiger partial charge is 0.416 e. The highest BCUT2D eigenvalue weighted by Gasteiger charge is 2.30. The Morgan fingerprint density at radius 3 is 2.16 bits per heavy atom. The minimum atomic E-state index is -4.47. The molecule has 6 aromatic rings. The van der Waals surface area contributed by atoms with Crippen LogP contribution in [0.3, 0.4) is 0 Å². The van der Waals surface area contributed by atoms with E-state index in [4.69, 9.17) is 0 Å². The van der Waals surface area contributed by atoms with Crippen molar-refractivity contribution in [1.29, 1.82) is 0 Å². The highest BCUT2D eigenvalue weighted by Crippen LogP contribution is 2.32. The predicted octanol–water partition coefficient (Wildman–Crippen LogP) is 7.63. The monoisotopic (exact) mass is 661 g/mol. The van der Waals surface area contributed by atoms with E-state index in [2.05, 4.69) is 20.6 Å². The van der Waals surface area contributed by atoms with Crippen molar-refractivity contribution >= 4 is 34.4 Å². The lowest BCUT2D eigenvalue weighted by molar-refractivity contribution is -0.137. The number of rotatable bonds is 9. The van der Waals surface area contributed by atoms with Gasteiger partial charge in [0.15, 0.2) is 0 Å². The summed E-state index contributed by atoms with van der Waals surface area (Å²) in [5.74, 6) is -1.31. The van der Waals surface area contributed by atoms with Gasteiger partial charge in [-0.1, -0.05) is 91.0 Å². The maximum atomic E-state index is 13.6. The molecule has 11 heteroatoms. The molecule has 2 heterocycles. The Morgan fingerprint density at radius 2 is 1.47 bits per heavy atom. The third-order valence-electron chi connectivity index (χ3n) is 7.96. The van der Waals surface area contributed by atoms with Gasteiger partial charge in [-0.25, -0.2) is 4.98 Å². The third kappa shape index (κ3) is 7.51. The van der Waals surface area contributed by atoms with Gasteiger partial charge in [-0.05, 0) is 52.6 Å². The summed E-state index contributed by atoms with van der Waals surface area (Å²) >= 11 is 0. The number of pyridine rings is 1. The zero-order valence-corrected chi connectivity index (χ0v) is 26.2. The SMILES string of the molecule is CN(Cc1ccccc1)C(=O)C(NC(=O)c1cc2cc(NC(=O)c3ccccc3-c3ccc(C(F)(F)F)cc3)cnc2[nH]1)c1ccccc1. The first kappa shape index (κ1) is 32.7. The van der Waals surface area contributed by atoms with Gasteiger partial charge in [0, 0.05) is 24.5 Å². The Hall–Kier alpha value is -6.23. The van der Waals surface area contributed by atoms with E-state index in [9.17, 15) is 27.6 Å². The summed E-state index contributed by atoms with van der Waals surface area (Å²) in [7, 11) is 1.68. The van der Waals surface area contributed by atoms with Crippen LogP contribution >= 0.6 is 0 Å². The minimum Gasteiger partial charge on any atom is -0.339 e. The molecule has 6 rings (SSSR count). The van der Waals surface area contributed by atoms with Crippen molar-refractivity contribution in [2.24, 2.45) is 0 Å². The molecule has 0 aliphatic rings. The van der Waals surface area contributed by atoms with Crippen molar-refractivity contribution in [3.63, 3.8) is 0 Å². The van der Waals surface area contributed by atoms with E-state index in [0.717, 1.165) is 17.7 Å². The van der Waals surface area contributed by atoms with Crippen molar-refractivity contribution < 1.29 is 27.6 Å². The van der Waals surface area contributed by atoms with E-state index in [0.29, 0.717) is 40.0 Å². The number of carbonyl (C=O) groups excluding carboxylic acids is 3. The molecular formula is C38H30F3N5O3. The van der Waals surface area contributed by atoms with Gasteiger partial charge < -0.3 is 20.5 Å². The Kier molecular flexibility index (Phi) is 9.25. The molecule has 4 aromatic carbocycles. The zero-order valence-electron chi connectivity index (χ0n) is 26.2. The van der Waals surface area contributed by atoms with Crippen LogP contribution in [0.4, 0.5) is 18.9 Å². The molecular weight excluding hydrogens is 631 g/mol. The summed E-state index contributed by atoms with van der Waals surface area (Å²) in [6.45, 7) is 0.360. The normalized spacial score (nSPS) is 11.9. The zero-order chi connectivity index (χ0) is 34.5. The maximum absolute atomic E-state index is 13.6. The lowest BCUT2D eigenvalue weighted by atomic mass is 9.98. The average Bonchev–Trinajstić information content (AvgIpc) is 3.54. The van der Waals surface area contributed by atoms with Gasteiger partial charge in [-0.2, -0.15) is 13.2 Å². The molecule has 1 unspecified atom stereocenters. The summed E-state index contributed by atoms with van der Waals surface area (Å²) < 4.78 is 39.2. The first-order valence-electron chi connectivity index (χ1n) is 15.3. The summed E-state index contributed by atoms with van der Waals surface area (Å²) in [6, 6.07) is 31.9. The summed E-state index contributed by atoms with van der Waals surface area (Å²) in [5.41, 5.74) is 2.84. The van der Waals surface area contributed by atoms with Crippen molar-refractivity contribution in [2.45, 2.75) is 18.8 Å². The van der Waals surface area contributed by atoms with E-state index < -0.39 is 29.6 Å². The number of nitrogens with zero attached hydrogens (tertiary/aromatic N) is 2. The van der Waals surface area contributed by atoms with Crippen molar-refractivity contribution in [1.82, 2.24) is 20.2 Å². The van der Waals surface area contributed by atoms with Crippen LogP contribution < -0.4 is 10.6 Å². The van der Waals surface area contributed by atoms with E-state index >= 15 is 0 Å². The fourth-order valence-electron chi connectivity index (χ4n) is 5.47. The van der Waals surface area contributed by atoms with Crippen LogP contribution in [0.5, 0.6) is 0 Å². The molecule has 3 amide bonds. The van der Waals surface area contributed by atoms with Gasteiger partial charge in [0.25, 0.3) is 11.8 Å². The molecule has 0 fully saturated rings. The van der Waals surface area contributed by atoms with Crippen molar-refractivity contribution in [3.8, 4) is 11.1 Å². The fraction of sp³-hybridized carbons (Fsp3) is 0.105. The number of amides is 3. The summed E-state index contributed by atoms with van der Waals surface area (Å²) in [4.78, 5) is 49.4. The number of halogens is 3. The molecule has 1 atom stereocenters. The van der Waals surface area contributed by atoms with Crippen molar-refractivity contribution in [2.75, 3.05) is 12.4 Å². The molecule has 246 valence electrons. The first-order valence-corrected chi connectivity index (χ1v) is 15.3. The van der Waals surface area contributed by atoms with Crippen LogP contribution in [0.25, 0.3) is 22.2 Å². The van der Waals surface area contributed by atoms with Gasteiger partial charge in [0.05, 0.1) is 17.4 Å². The maximum Gasteiger partial charge on any atom is 0.416 e. The number of aromatic nitrogens is 2. The van der Waals surface area contributed by atoms with E-state index in [-0.39, 0.29) is 17.2 Å². The van der Waals surface area contributed by atoms with Crippen LogP contribution in [0.15, 0.2) is 128 Å². The van der Waals surface area contributed by atoms with Crippen LogP contribution in [0.1, 0.15) is 43.6 Å². The minimum absolute atomic E-state index is 0.165. The molecule has 0 saturated carbocycles. The molecule has 0 aliphatic heterocycles. The smallest absolute Gasteiger partial charge is 0.339 e. The average molecular weight is 662 g/mol. The number of likely N-dealkylation sites (N-methyl/N-ethyl adjacent to an activating group) is 1. The number of H-pyrrole nitrogens is 1. The highest BCUT2D eigenvalue weighted by atomic mass is 19.4. The first-order chi connectivity index (χ1) is 23.6. The number of hydrogen-bond acceptors (Lipinski definition) is 4. The predicted molar refractivity (Wildman–Crippen MR) is 180 cm³/mol. The van der Waals surface area contributed by atoms with Gasteiger partial charge >= 0.3 is 6.18 Å². The molecule has 0 saturated heterocycles. The number of aromatic amines is 1. The van der Waals surface area contributed by atoms with E-state index in [1.807, 2.05) is 36.4 Å². The molecule has 0 bridgehead atoms. The quantitative estimate of drug-likeness (QED) is 0.148. The lowest BCUT2D eigenvalue weighted by Gasteiger charge is -2.25. The second-order valence-corrected chi connectivity index (χ2v) is 11.4. The van der Waals surface area contributed by atoms with Crippen LogP contribution in [0.2, 0.25) is 0 Å². The summed E-state index contributed by atoms with van der Waals surface area (Å²) in [5, 5.41) is 6.18. The number of fused-ring (bicyclic) bond motifs is 1. The molecule has 2 aromatic heterocycles. The fourth-order valence-corrected chi connectivity index (χ4v) is 5.47. The van der Waals surface area contributed by atoms with Gasteiger partial charge in [-0.15, -0.1) is 0 Å². The Labute approximate surface area is 279 Å². The molecule has 0 aliphatic carbocycles. The third-order valence-corrected chi connectivity index (χ3v) is 7.96. The second-order valence-electron chi connectivity index (χ2n) is 11.4. The van der Waals surface area contributed by atoms with Crippen LogP contribution in [-0.2, 0) is 17.5 Å². The number of nitrogens with one attached hydrogen (secondary N) is 3. The van der Waals surface area contributed by atoms with Crippen molar-refractivity contribution in [3.05, 3.63) is 155 Å². The Balaban J connectivity index is 1.19. The number of anilines is 1. The number of carbonyl (C=O) groups is 3. The van der Waals surface area contributed by atoms with Gasteiger partial charge in [-0.3, -0.25) is 14.4 Å². The number of alkyl halides is 3. The molecule has 0 radical (unpaired) electrons. The molecule has 49 heavy (non-hydrogen) atoms. The Bertz CT molecular complexity index is 2110. The standard InChI is InChI=1S/C38H30F3N5O3/c1-46(23-24-10-4-2-5-11-24)37(49)33(26-12-6-3-7-13-26)45-36(48)32-21-27-20-29(22-42-34(27)44-32)43-35(47)31-15-9-8-14-30(31)25-16-18-28(19-17-25)38(39,40)41/h2-22,33H,23H2,1H3,(H,42,44)(H,43,47)(H,45,48). The molecule has 3 N–H and O–H groups in total. The number of hydrogen-bond donors (Lipinski definition) is 3. The molecule has 0 spiro atoms. The van der Waals surface area contributed by atoms with E-state index in [1.165, 1.54) is 18.3 Å². The topological polar surface area (TPSA) is 107 Å². The summed E-state index contributed by atoms with van der Waals surface area (Å²) in [6.07, 6.45) is -3.05. The number of benzene rings is 4. The van der Waals surface area contributed by atoms with Gasteiger partial charge in [0.2, 0.25) is 5.91 Å². The Morgan fingerprint density at radius 1 is 0.816 bits per heavy atom. The van der Waals surface area contributed by atoms with Crippen LogP contribution in [0, 0.1) is 0 Å². The lowest BCUT2D eigenvalue weighted by Crippen LogP contribution is -2.41. The second kappa shape index (κ2) is 13.9. The van der Waals surface area contributed by atoms with Gasteiger partial charge in [0.1, 0.15) is 17.4 Å².